The predicted molar refractivity (Wildman–Crippen MR) is 78.4 cm³/mol. The minimum absolute atomic E-state index is 0.00562. The van der Waals surface area contributed by atoms with Crippen LogP contribution in [-0.2, 0) is 13.2 Å². The number of nitrogens with zero attached hydrogens (tertiary/aromatic N) is 6. The predicted octanol–water partition coefficient (Wildman–Crippen LogP) is 3.41. The fraction of sp³-hybridized carbons (Fsp3) is 0.167. The van der Waals surface area contributed by atoms with Gasteiger partial charge in [0.1, 0.15) is 21.9 Å². The molecule has 11 heteroatoms. The zero-order chi connectivity index (χ0) is 16.4. The van der Waals surface area contributed by atoms with E-state index in [4.69, 9.17) is 11.6 Å². The van der Waals surface area contributed by atoms with Crippen molar-refractivity contribution in [2.45, 2.75) is 6.18 Å². The highest BCUT2D eigenvalue weighted by Crippen LogP contribution is 2.38. The molecule has 0 bridgehead atoms. The number of aryl methyl sites for hydroxylation is 1. The van der Waals surface area contributed by atoms with Crippen molar-refractivity contribution < 1.29 is 13.2 Å². The highest BCUT2D eigenvalue weighted by Gasteiger charge is 2.39. The zero-order valence-electron chi connectivity index (χ0n) is 11.3. The molecular formula is C12H6ClF3N6S. The quantitative estimate of drug-likeness (QED) is 0.523. The molecule has 0 atom stereocenters. The van der Waals surface area contributed by atoms with Gasteiger partial charge in [-0.3, -0.25) is 4.68 Å². The third kappa shape index (κ3) is 2.09. The van der Waals surface area contributed by atoms with Crippen LogP contribution in [0.2, 0.25) is 5.02 Å². The average Bonchev–Trinajstić information content (AvgIpc) is 3.13. The van der Waals surface area contributed by atoms with Gasteiger partial charge in [0.15, 0.2) is 11.3 Å². The van der Waals surface area contributed by atoms with Crippen LogP contribution >= 0.6 is 22.9 Å². The van der Waals surface area contributed by atoms with Crippen LogP contribution in [-0.4, -0.2) is 29.4 Å². The van der Waals surface area contributed by atoms with Crippen LogP contribution in [0.1, 0.15) is 5.69 Å². The molecule has 0 fully saturated rings. The third-order valence-electron chi connectivity index (χ3n) is 3.27. The first kappa shape index (κ1) is 14.4. The number of hydrogen-bond acceptors (Lipinski definition) is 5. The Morgan fingerprint density at radius 2 is 2.04 bits per heavy atom. The monoisotopic (exact) mass is 358 g/mol. The van der Waals surface area contributed by atoms with E-state index < -0.39 is 16.9 Å². The molecule has 0 aliphatic rings. The number of rotatable bonds is 1. The fourth-order valence-electron chi connectivity index (χ4n) is 2.29. The molecule has 0 saturated carbocycles. The summed E-state index contributed by atoms with van der Waals surface area (Å²) in [5, 5.41) is 9.70. The van der Waals surface area contributed by atoms with Crippen molar-refractivity contribution in [3.05, 3.63) is 28.5 Å². The molecule has 4 aromatic heterocycles. The molecule has 0 spiro atoms. The van der Waals surface area contributed by atoms with Gasteiger partial charge in [0.25, 0.3) is 0 Å². The number of alkyl halides is 3. The van der Waals surface area contributed by atoms with Gasteiger partial charge in [-0.25, -0.2) is 14.5 Å². The lowest BCUT2D eigenvalue weighted by atomic mass is 10.3. The van der Waals surface area contributed by atoms with Gasteiger partial charge in [-0.2, -0.15) is 18.3 Å². The molecule has 23 heavy (non-hydrogen) atoms. The lowest BCUT2D eigenvalue weighted by Gasteiger charge is -2.00. The van der Waals surface area contributed by atoms with Crippen molar-refractivity contribution in [1.29, 1.82) is 0 Å². The molecule has 6 nitrogen and oxygen atoms in total. The SMILES string of the molecule is Cn1nc(C(F)(F)F)c(Cl)c1-c1nc2c3ccsc3ncn2n1. The summed E-state index contributed by atoms with van der Waals surface area (Å²) in [6.07, 6.45) is -3.19. The lowest BCUT2D eigenvalue weighted by Crippen LogP contribution is -2.07. The molecule has 118 valence electrons. The highest BCUT2D eigenvalue weighted by molar-refractivity contribution is 7.16. The second-order valence-electron chi connectivity index (χ2n) is 4.72. The maximum atomic E-state index is 12.9. The van der Waals surface area contributed by atoms with Crippen molar-refractivity contribution in [2.75, 3.05) is 0 Å². The van der Waals surface area contributed by atoms with E-state index in [1.807, 2.05) is 11.4 Å². The van der Waals surface area contributed by atoms with E-state index in [9.17, 15) is 13.2 Å². The molecule has 4 rings (SSSR count). The van der Waals surface area contributed by atoms with Crippen LogP contribution in [0.3, 0.4) is 0 Å². The average molecular weight is 359 g/mol. The van der Waals surface area contributed by atoms with Crippen molar-refractivity contribution in [3.8, 4) is 11.5 Å². The van der Waals surface area contributed by atoms with Crippen molar-refractivity contribution in [2.24, 2.45) is 7.05 Å². The minimum Gasteiger partial charge on any atom is -0.262 e. The Morgan fingerprint density at radius 3 is 2.74 bits per heavy atom. The number of hydrogen-bond donors (Lipinski definition) is 0. The highest BCUT2D eigenvalue weighted by atomic mass is 35.5. The second kappa shape index (κ2) is 4.65. The second-order valence-corrected chi connectivity index (χ2v) is 5.99. The van der Waals surface area contributed by atoms with E-state index in [-0.39, 0.29) is 11.5 Å². The molecule has 0 unspecified atom stereocenters. The van der Waals surface area contributed by atoms with Crippen molar-refractivity contribution in [3.63, 3.8) is 0 Å². The Bertz CT molecular complexity index is 1050. The summed E-state index contributed by atoms with van der Waals surface area (Å²) >= 11 is 7.30. The van der Waals surface area contributed by atoms with Gasteiger partial charge in [-0.05, 0) is 11.4 Å². The summed E-state index contributed by atoms with van der Waals surface area (Å²) < 4.78 is 41.2. The summed E-state index contributed by atoms with van der Waals surface area (Å²) in [6, 6.07) is 1.83. The van der Waals surface area contributed by atoms with Crippen molar-refractivity contribution >= 4 is 38.8 Å². The Hall–Kier alpha value is -2.20. The Morgan fingerprint density at radius 1 is 1.26 bits per heavy atom. The van der Waals surface area contributed by atoms with Crippen LogP contribution in [0.5, 0.6) is 0 Å². The molecule has 0 N–H and O–H groups in total. The van der Waals surface area contributed by atoms with Gasteiger partial charge in [0, 0.05) is 7.05 Å². The van der Waals surface area contributed by atoms with Crippen LogP contribution < -0.4 is 0 Å². The molecule has 4 aromatic rings. The van der Waals surface area contributed by atoms with Crippen LogP contribution in [0.4, 0.5) is 13.2 Å². The van der Waals surface area contributed by atoms with Gasteiger partial charge in [-0.1, -0.05) is 11.6 Å². The van der Waals surface area contributed by atoms with E-state index in [2.05, 4.69) is 20.2 Å². The largest absolute Gasteiger partial charge is 0.436 e. The normalized spacial score (nSPS) is 12.6. The van der Waals surface area contributed by atoms with E-state index >= 15 is 0 Å². The molecular weight excluding hydrogens is 353 g/mol. The van der Waals surface area contributed by atoms with Crippen LogP contribution in [0, 0.1) is 0 Å². The smallest absolute Gasteiger partial charge is 0.262 e. The topological polar surface area (TPSA) is 60.9 Å². The standard InChI is InChI=1S/C12H6ClF3N6S/c1-21-7(6(13)8(19-21)12(14,15)16)9-18-10-5-2-3-23-11(5)17-4-22(10)20-9/h2-4H,1H3. The van der Waals surface area contributed by atoms with Gasteiger partial charge >= 0.3 is 6.18 Å². The number of halogens is 4. The first-order valence-electron chi connectivity index (χ1n) is 6.25. The molecule has 0 amide bonds. The third-order valence-corrected chi connectivity index (χ3v) is 4.45. The molecule has 0 saturated heterocycles. The molecule has 0 aliphatic carbocycles. The summed E-state index contributed by atoms with van der Waals surface area (Å²) in [6.45, 7) is 0. The Balaban J connectivity index is 1.98. The maximum Gasteiger partial charge on any atom is 0.436 e. The summed E-state index contributed by atoms with van der Waals surface area (Å²) in [5.74, 6) is 0.0565. The van der Waals surface area contributed by atoms with Crippen LogP contribution in [0.15, 0.2) is 17.8 Å². The summed E-state index contributed by atoms with van der Waals surface area (Å²) in [4.78, 5) is 9.28. The lowest BCUT2D eigenvalue weighted by molar-refractivity contribution is -0.141. The zero-order valence-corrected chi connectivity index (χ0v) is 12.9. The number of aromatic nitrogens is 6. The Labute approximate surface area is 135 Å². The van der Waals surface area contributed by atoms with Gasteiger partial charge < -0.3 is 0 Å². The first-order valence-corrected chi connectivity index (χ1v) is 7.50. The van der Waals surface area contributed by atoms with Gasteiger partial charge in [-0.15, -0.1) is 16.4 Å². The van der Waals surface area contributed by atoms with E-state index in [1.165, 1.54) is 29.2 Å². The number of thiophene rings is 1. The van der Waals surface area contributed by atoms with E-state index in [0.29, 0.717) is 5.65 Å². The minimum atomic E-state index is -4.64. The first-order chi connectivity index (χ1) is 10.9. The van der Waals surface area contributed by atoms with Crippen LogP contribution in [0.25, 0.3) is 27.4 Å². The fourth-order valence-corrected chi connectivity index (χ4v) is 3.37. The number of fused-ring (bicyclic) bond motifs is 3. The Kier molecular flexibility index (Phi) is 2.91. The van der Waals surface area contributed by atoms with Gasteiger partial charge in [0.05, 0.1) is 5.39 Å². The maximum absolute atomic E-state index is 12.9. The van der Waals surface area contributed by atoms with Crippen molar-refractivity contribution in [1.82, 2.24) is 29.4 Å². The molecule has 0 aliphatic heterocycles. The molecule has 0 radical (unpaired) electrons. The van der Waals surface area contributed by atoms with Gasteiger partial charge in [0.2, 0.25) is 5.82 Å². The summed E-state index contributed by atoms with van der Waals surface area (Å²) in [5.41, 5.74) is -0.655. The summed E-state index contributed by atoms with van der Waals surface area (Å²) in [7, 11) is 1.36. The molecule has 4 heterocycles. The van der Waals surface area contributed by atoms with E-state index in [0.717, 1.165) is 14.9 Å². The van der Waals surface area contributed by atoms with E-state index in [1.54, 1.807) is 0 Å². The molecule has 0 aromatic carbocycles.